The van der Waals surface area contributed by atoms with Crippen LogP contribution in [0, 0.1) is 0 Å². The van der Waals surface area contributed by atoms with Crippen LogP contribution in [0.4, 0.5) is 0 Å². The molecule has 148 valence electrons. The molecule has 6 heteroatoms. The van der Waals surface area contributed by atoms with E-state index in [9.17, 15) is 0 Å². The lowest BCUT2D eigenvalue weighted by Crippen LogP contribution is -2.38. The van der Waals surface area contributed by atoms with Crippen molar-refractivity contribution < 1.29 is 9.47 Å². The molecule has 0 heterocycles. The summed E-state index contributed by atoms with van der Waals surface area (Å²) in [5.41, 5.74) is 2.26. The average molecular weight is 483 g/mol. The highest BCUT2D eigenvalue weighted by atomic mass is 127. The molecule has 2 aromatic carbocycles. The van der Waals surface area contributed by atoms with Crippen LogP contribution >= 0.6 is 24.0 Å². The zero-order chi connectivity index (χ0) is 18.6. The summed E-state index contributed by atoms with van der Waals surface area (Å²) in [6.07, 6.45) is 0.865. The smallest absolute Gasteiger partial charge is 0.191 e. The summed E-state index contributed by atoms with van der Waals surface area (Å²) in [7, 11) is 1.70. The number of ether oxygens (including phenoxy) is 2. The zero-order valence-electron chi connectivity index (χ0n) is 16.3. The summed E-state index contributed by atoms with van der Waals surface area (Å²) in [5, 5.41) is 6.67. The number of halogens is 1. The predicted molar refractivity (Wildman–Crippen MR) is 123 cm³/mol. The average Bonchev–Trinajstić information content (AvgIpc) is 2.67. The van der Waals surface area contributed by atoms with Crippen LogP contribution in [0.1, 0.15) is 25.0 Å². The van der Waals surface area contributed by atoms with Crippen LogP contribution in [-0.4, -0.2) is 32.8 Å². The Morgan fingerprint density at radius 3 is 2.26 bits per heavy atom. The molecule has 0 atom stereocenters. The minimum absolute atomic E-state index is 0. The van der Waals surface area contributed by atoms with Crippen LogP contribution in [0.3, 0.4) is 0 Å². The van der Waals surface area contributed by atoms with Crippen molar-refractivity contribution >= 4 is 29.9 Å². The highest BCUT2D eigenvalue weighted by molar-refractivity contribution is 14.0. The lowest BCUT2D eigenvalue weighted by atomic mass is 10.1. The molecule has 5 nitrogen and oxygen atoms in total. The number of benzene rings is 2. The van der Waals surface area contributed by atoms with Gasteiger partial charge in [-0.05, 0) is 38.0 Å². The van der Waals surface area contributed by atoms with E-state index in [1.54, 1.807) is 7.11 Å². The molecule has 0 bridgehead atoms. The van der Waals surface area contributed by atoms with E-state index >= 15 is 0 Å². The van der Waals surface area contributed by atoms with Crippen molar-refractivity contribution in [2.24, 2.45) is 4.99 Å². The van der Waals surface area contributed by atoms with Gasteiger partial charge in [0.25, 0.3) is 0 Å². The van der Waals surface area contributed by atoms with Gasteiger partial charge in [0, 0.05) is 18.7 Å². The number of guanidine groups is 1. The van der Waals surface area contributed by atoms with Gasteiger partial charge in [-0.15, -0.1) is 24.0 Å². The Bertz CT molecular complexity index is 707. The van der Waals surface area contributed by atoms with Crippen LogP contribution in [0.25, 0.3) is 0 Å². The fourth-order valence-electron chi connectivity index (χ4n) is 2.66. The number of aliphatic imine (C=N–C) groups is 1. The highest BCUT2D eigenvalue weighted by Gasteiger charge is 2.04. The van der Waals surface area contributed by atoms with Crippen LogP contribution < -0.4 is 20.1 Å². The van der Waals surface area contributed by atoms with Crippen LogP contribution in [0.2, 0.25) is 0 Å². The molecule has 27 heavy (non-hydrogen) atoms. The quantitative estimate of drug-likeness (QED) is 0.322. The van der Waals surface area contributed by atoms with Crippen LogP contribution in [-0.2, 0) is 13.0 Å². The fraction of sp³-hybridized carbons (Fsp3) is 0.381. The monoisotopic (exact) mass is 483 g/mol. The second-order valence-corrected chi connectivity index (χ2v) is 5.72. The molecule has 0 unspecified atom stereocenters. The van der Waals surface area contributed by atoms with E-state index in [0.717, 1.165) is 42.5 Å². The topological polar surface area (TPSA) is 54.9 Å². The molecule has 0 aromatic heterocycles. The van der Waals surface area contributed by atoms with Crippen molar-refractivity contribution in [2.75, 3.05) is 26.8 Å². The standard InChI is InChI=1S/C21H29N3O2.HI/c1-4-22-21(23-15-14-17-10-6-8-12-19(17)25-3)24-16-18-11-7-9-13-20(18)26-5-2;/h6-13H,4-5,14-16H2,1-3H3,(H2,22,23,24);1H. The Morgan fingerprint density at radius 1 is 0.926 bits per heavy atom. The number of nitrogens with one attached hydrogen (secondary N) is 2. The van der Waals surface area contributed by atoms with E-state index in [-0.39, 0.29) is 24.0 Å². The molecular formula is C21H30IN3O2. The van der Waals surface area contributed by atoms with E-state index in [4.69, 9.17) is 9.47 Å². The molecule has 0 fully saturated rings. The maximum atomic E-state index is 5.67. The first-order chi connectivity index (χ1) is 12.8. The molecule has 0 amide bonds. The SMILES string of the molecule is CCNC(=NCc1ccccc1OCC)NCCc1ccccc1OC.I. The van der Waals surface area contributed by atoms with Crippen molar-refractivity contribution in [3.05, 3.63) is 59.7 Å². The third-order valence-electron chi connectivity index (χ3n) is 3.90. The van der Waals surface area contributed by atoms with Gasteiger partial charge in [-0.25, -0.2) is 4.99 Å². The number of hydrogen-bond donors (Lipinski definition) is 2. The molecule has 2 rings (SSSR count). The van der Waals surface area contributed by atoms with Crippen molar-refractivity contribution in [3.63, 3.8) is 0 Å². The minimum Gasteiger partial charge on any atom is -0.496 e. The minimum atomic E-state index is 0. The molecule has 0 saturated heterocycles. The second-order valence-electron chi connectivity index (χ2n) is 5.72. The summed E-state index contributed by atoms with van der Waals surface area (Å²) in [4.78, 5) is 4.68. The van der Waals surface area contributed by atoms with E-state index in [1.807, 2.05) is 49.4 Å². The molecule has 0 aliphatic carbocycles. The van der Waals surface area contributed by atoms with Gasteiger partial charge in [0.15, 0.2) is 5.96 Å². The van der Waals surface area contributed by atoms with Crippen molar-refractivity contribution in [1.82, 2.24) is 10.6 Å². The number of nitrogens with zero attached hydrogens (tertiary/aromatic N) is 1. The summed E-state index contributed by atoms with van der Waals surface area (Å²) >= 11 is 0. The van der Waals surface area contributed by atoms with E-state index < -0.39 is 0 Å². The molecular weight excluding hydrogens is 453 g/mol. The van der Waals surface area contributed by atoms with E-state index in [0.29, 0.717) is 13.2 Å². The molecule has 0 aliphatic heterocycles. The molecule has 0 saturated carbocycles. The maximum absolute atomic E-state index is 5.67. The summed E-state index contributed by atoms with van der Waals surface area (Å²) in [6.45, 7) is 6.86. The van der Waals surface area contributed by atoms with E-state index in [2.05, 4.69) is 28.6 Å². The number of para-hydroxylation sites is 2. The van der Waals surface area contributed by atoms with Gasteiger partial charge in [0.1, 0.15) is 11.5 Å². The third kappa shape index (κ3) is 7.66. The fourth-order valence-corrected chi connectivity index (χ4v) is 2.66. The van der Waals surface area contributed by atoms with Gasteiger partial charge in [-0.3, -0.25) is 0 Å². The second kappa shape index (κ2) is 13.2. The number of methoxy groups -OCH3 is 1. The van der Waals surface area contributed by atoms with Crippen molar-refractivity contribution in [1.29, 1.82) is 0 Å². The first kappa shape index (κ1) is 23.1. The zero-order valence-corrected chi connectivity index (χ0v) is 18.7. The van der Waals surface area contributed by atoms with E-state index in [1.165, 1.54) is 5.56 Å². The third-order valence-corrected chi connectivity index (χ3v) is 3.90. The lowest BCUT2D eigenvalue weighted by molar-refractivity contribution is 0.336. The lowest BCUT2D eigenvalue weighted by Gasteiger charge is -2.13. The molecule has 0 aliphatic rings. The van der Waals surface area contributed by atoms with Gasteiger partial charge in [0.2, 0.25) is 0 Å². The van der Waals surface area contributed by atoms with Gasteiger partial charge in [-0.2, -0.15) is 0 Å². The van der Waals surface area contributed by atoms with Crippen LogP contribution in [0.5, 0.6) is 11.5 Å². The molecule has 2 N–H and O–H groups in total. The predicted octanol–water partition coefficient (Wildman–Crippen LogP) is 4.01. The largest absolute Gasteiger partial charge is 0.496 e. The Balaban J connectivity index is 0.00000364. The Labute approximate surface area is 179 Å². The summed E-state index contributed by atoms with van der Waals surface area (Å²) in [5.74, 6) is 2.61. The molecule has 2 aromatic rings. The Kier molecular flexibility index (Phi) is 11.3. The van der Waals surface area contributed by atoms with Gasteiger partial charge in [0.05, 0.1) is 20.3 Å². The Hall–Kier alpha value is -1.96. The first-order valence-electron chi connectivity index (χ1n) is 9.13. The van der Waals surface area contributed by atoms with Gasteiger partial charge >= 0.3 is 0 Å². The Morgan fingerprint density at radius 2 is 1.59 bits per heavy atom. The summed E-state index contributed by atoms with van der Waals surface area (Å²) in [6, 6.07) is 16.1. The van der Waals surface area contributed by atoms with Gasteiger partial charge < -0.3 is 20.1 Å². The summed E-state index contributed by atoms with van der Waals surface area (Å²) < 4.78 is 11.1. The maximum Gasteiger partial charge on any atom is 0.191 e. The first-order valence-corrected chi connectivity index (χ1v) is 9.13. The van der Waals surface area contributed by atoms with Gasteiger partial charge in [-0.1, -0.05) is 36.4 Å². The number of hydrogen-bond acceptors (Lipinski definition) is 3. The van der Waals surface area contributed by atoms with Crippen LogP contribution in [0.15, 0.2) is 53.5 Å². The highest BCUT2D eigenvalue weighted by Crippen LogP contribution is 2.19. The van der Waals surface area contributed by atoms with Crippen molar-refractivity contribution in [2.45, 2.75) is 26.8 Å². The van der Waals surface area contributed by atoms with Crippen molar-refractivity contribution in [3.8, 4) is 11.5 Å². The molecule has 0 radical (unpaired) electrons. The number of rotatable bonds is 9. The molecule has 0 spiro atoms. The normalized spacial score (nSPS) is 10.7.